The number of carbonyl (C=O) groups excluding carboxylic acids is 2. The summed E-state index contributed by atoms with van der Waals surface area (Å²) in [4.78, 5) is 33.2. The van der Waals surface area contributed by atoms with E-state index in [1.165, 1.54) is 4.90 Å². The Morgan fingerprint density at radius 3 is 2.53 bits per heavy atom. The van der Waals surface area contributed by atoms with E-state index in [-0.39, 0.29) is 24.5 Å². The molecule has 1 unspecified atom stereocenters. The highest BCUT2D eigenvalue weighted by Crippen LogP contribution is 2.46. The second-order valence-electron chi connectivity index (χ2n) is 9.75. The number of aromatic nitrogens is 2. The summed E-state index contributed by atoms with van der Waals surface area (Å²) in [7, 11) is 0. The Bertz CT molecular complexity index is 1240. The first-order chi connectivity index (χ1) is 17.5. The number of ether oxygens (including phenoxy) is 2. The SMILES string of the molecule is CC(C)(C)OC(=O)N[C@H]1CCN(c2cc(C(F)(F)F)cc(-c3ccnc4c3C(C(F)(F)F)OC(=O)N4)n2)C1. The van der Waals surface area contributed by atoms with Gasteiger partial charge in [0.25, 0.3) is 0 Å². The molecular formula is C23H23F6N5O4. The Kier molecular flexibility index (Phi) is 6.82. The summed E-state index contributed by atoms with van der Waals surface area (Å²) in [5, 5.41) is 4.69. The highest BCUT2D eigenvalue weighted by molar-refractivity contribution is 5.89. The second-order valence-corrected chi connectivity index (χ2v) is 9.75. The molecule has 0 aromatic carbocycles. The van der Waals surface area contributed by atoms with Gasteiger partial charge < -0.3 is 19.7 Å². The lowest BCUT2D eigenvalue weighted by molar-refractivity contribution is -0.206. The number of rotatable bonds is 3. The highest BCUT2D eigenvalue weighted by atomic mass is 19.4. The van der Waals surface area contributed by atoms with Crippen molar-refractivity contribution in [1.82, 2.24) is 15.3 Å². The zero-order chi connectivity index (χ0) is 28.0. The van der Waals surface area contributed by atoms with Gasteiger partial charge in [0, 0.05) is 24.8 Å². The summed E-state index contributed by atoms with van der Waals surface area (Å²) in [5.41, 5.74) is -3.32. The molecule has 9 nitrogen and oxygen atoms in total. The molecule has 1 fully saturated rings. The molecule has 0 bridgehead atoms. The van der Waals surface area contributed by atoms with Gasteiger partial charge in [0.15, 0.2) is 0 Å². The zero-order valence-electron chi connectivity index (χ0n) is 20.3. The van der Waals surface area contributed by atoms with Gasteiger partial charge in [-0.3, -0.25) is 5.32 Å². The lowest BCUT2D eigenvalue weighted by Crippen LogP contribution is -2.40. The van der Waals surface area contributed by atoms with E-state index in [0.717, 1.165) is 18.3 Å². The highest BCUT2D eigenvalue weighted by Gasteiger charge is 2.49. The topological polar surface area (TPSA) is 106 Å². The molecule has 38 heavy (non-hydrogen) atoms. The first kappa shape index (κ1) is 27.3. The summed E-state index contributed by atoms with van der Waals surface area (Å²) >= 11 is 0. The molecule has 2 aliphatic rings. The van der Waals surface area contributed by atoms with Crippen molar-refractivity contribution in [2.75, 3.05) is 23.3 Å². The van der Waals surface area contributed by atoms with Crippen LogP contribution in [0.1, 0.15) is 44.4 Å². The van der Waals surface area contributed by atoms with Crippen LogP contribution in [0.5, 0.6) is 0 Å². The van der Waals surface area contributed by atoms with Crippen molar-refractivity contribution in [3.63, 3.8) is 0 Å². The molecule has 2 aromatic rings. The predicted octanol–water partition coefficient (Wildman–Crippen LogP) is 5.43. The minimum absolute atomic E-state index is 0.0891. The maximum absolute atomic E-state index is 13.8. The number of amides is 2. The van der Waals surface area contributed by atoms with E-state index < -0.39 is 64.9 Å². The summed E-state index contributed by atoms with van der Waals surface area (Å²) in [5.74, 6) is -0.650. The van der Waals surface area contributed by atoms with Gasteiger partial charge >= 0.3 is 24.5 Å². The van der Waals surface area contributed by atoms with Crippen LogP contribution in [0.25, 0.3) is 11.3 Å². The molecule has 2 aliphatic heterocycles. The first-order valence-electron chi connectivity index (χ1n) is 11.4. The molecule has 2 N–H and O–H groups in total. The molecule has 4 heterocycles. The molecule has 15 heteroatoms. The predicted molar refractivity (Wildman–Crippen MR) is 121 cm³/mol. The van der Waals surface area contributed by atoms with Crippen LogP contribution < -0.4 is 15.5 Å². The number of fused-ring (bicyclic) bond motifs is 1. The van der Waals surface area contributed by atoms with Crippen LogP contribution in [0.15, 0.2) is 24.4 Å². The molecule has 2 atom stereocenters. The molecule has 206 valence electrons. The summed E-state index contributed by atoms with van der Waals surface area (Å²) in [6.07, 6.45) is -13.3. The normalized spacial score (nSPS) is 19.9. The van der Waals surface area contributed by atoms with Gasteiger partial charge in [-0.15, -0.1) is 0 Å². The van der Waals surface area contributed by atoms with Gasteiger partial charge in [-0.1, -0.05) is 0 Å². The largest absolute Gasteiger partial charge is 0.444 e. The summed E-state index contributed by atoms with van der Waals surface area (Å²) in [6.45, 7) is 5.34. The average molecular weight is 547 g/mol. The molecule has 1 saturated heterocycles. The molecule has 2 aromatic heterocycles. The minimum atomic E-state index is -5.07. The lowest BCUT2D eigenvalue weighted by Gasteiger charge is -2.29. The Morgan fingerprint density at radius 1 is 1.18 bits per heavy atom. The van der Waals surface area contributed by atoms with Crippen LogP contribution in [-0.2, 0) is 15.7 Å². The van der Waals surface area contributed by atoms with Crippen molar-refractivity contribution in [2.24, 2.45) is 0 Å². The van der Waals surface area contributed by atoms with Crippen LogP contribution in [-0.4, -0.2) is 53.1 Å². The molecule has 0 saturated carbocycles. The number of alkyl carbamates (subject to hydrolysis) is 1. The van der Waals surface area contributed by atoms with E-state index in [9.17, 15) is 35.9 Å². The fourth-order valence-corrected chi connectivity index (χ4v) is 4.12. The Labute approximate surface area is 212 Å². The molecule has 0 radical (unpaired) electrons. The van der Waals surface area contributed by atoms with Crippen molar-refractivity contribution in [3.8, 4) is 11.3 Å². The number of hydrogen-bond donors (Lipinski definition) is 2. The maximum Gasteiger partial charge on any atom is 0.430 e. The smallest absolute Gasteiger partial charge is 0.430 e. The Hall–Kier alpha value is -3.78. The average Bonchev–Trinajstić information content (AvgIpc) is 3.23. The van der Waals surface area contributed by atoms with Gasteiger partial charge in [-0.25, -0.2) is 19.6 Å². The monoisotopic (exact) mass is 547 g/mol. The third-order valence-corrected chi connectivity index (χ3v) is 5.64. The number of pyridine rings is 2. The van der Waals surface area contributed by atoms with Crippen LogP contribution in [0.2, 0.25) is 0 Å². The van der Waals surface area contributed by atoms with E-state index in [0.29, 0.717) is 12.5 Å². The van der Waals surface area contributed by atoms with Crippen molar-refractivity contribution in [3.05, 3.63) is 35.5 Å². The van der Waals surface area contributed by atoms with E-state index in [1.807, 2.05) is 5.32 Å². The van der Waals surface area contributed by atoms with E-state index >= 15 is 0 Å². The zero-order valence-corrected chi connectivity index (χ0v) is 20.3. The second kappa shape index (κ2) is 9.51. The summed E-state index contributed by atoms with van der Waals surface area (Å²) < 4.78 is 92.3. The number of alkyl halides is 6. The molecular weight excluding hydrogens is 524 g/mol. The molecule has 4 rings (SSSR count). The maximum atomic E-state index is 13.8. The van der Waals surface area contributed by atoms with Crippen LogP contribution in [0, 0.1) is 0 Å². The summed E-state index contributed by atoms with van der Waals surface area (Å²) in [6, 6.07) is 2.01. The molecule has 2 amide bonds. The van der Waals surface area contributed by atoms with Crippen molar-refractivity contribution in [1.29, 1.82) is 0 Å². The number of nitrogens with zero attached hydrogens (tertiary/aromatic N) is 3. The van der Waals surface area contributed by atoms with E-state index in [4.69, 9.17) is 4.74 Å². The minimum Gasteiger partial charge on any atom is -0.444 e. The Balaban J connectivity index is 1.72. The van der Waals surface area contributed by atoms with Gasteiger partial charge in [-0.2, -0.15) is 26.3 Å². The number of halogens is 6. The van der Waals surface area contributed by atoms with Gasteiger partial charge in [0.2, 0.25) is 6.10 Å². The van der Waals surface area contributed by atoms with Crippen molar-refractivity contribution < 1.29 is 45.4 Å². The van der Waals surface area contributed by atoms with E-state index in [1.54, 1.807) is 20.8 Å². The number of hydrogen-bond acceptors (Lipinski definition) is 7. The number of cyclic esters (lactones) is 1. The van der Waals surface area contributed by atoms with Crippen LogP contribution >= 0.6 is 0 Å². The molecule has 0 aliphatic carbocycles. The quantitative estimate of drug-likeness (QED) is 0.494. The van der Waals surface area contributed by atoms with Gasteiger partial charge in [0.1, 0.15) is 17.2 Å². The third kappa shape index (κ3) is 6.02. The number of nitrogens with one attached hydrogen (secondary N) is 2. The fraction of sp³-hybridized carbons (Fsp3) is 0.478. The third-order valence-electron chi connectivity index (χ3n) is 5.64. The van der Waals surface area contributed by atoms with Crippen LogP contribution in [0.3, 0.4) is 0 Å². The van der Waals surface area contributed by atoms with Crippen LogP contribution in [0.4, 0.5) is 47.6 Å². The molecule has 0 spiro atoms. The standard InChI is InChI=1S/C23H23F6N5O4/c1-21(2,3)38-20(36)31-12-5-7-34(10-12)15-9-11(22(24,25)26)8-14(32-15)13-4-6-30-18-16(13)17(23(27,28)29)37-19(35)33-18/h4,6,8-9,12,17H,5,7,10H2,1-3H3,(H,31,36)(H,30,33,35)/t12-,17?/m0/s1. The number of carbonyl (C=O) groups is 2. The fourth-order valence-electron chi connectivity index (χ4n) is 4.12. The van der Waals surface area contributed by atoms with Gasteiger partial charge in [-0.05, 0) is 45.4 Å². The van der Waals surface area contributed by atoms with Gasteiger partial charge in [0.05, 0.1) is 22.9 Å². The van der Waals surface area contributed by atoms with E-state index in [2.05, 4.69) is 20.0 Å². The Morgan fingerprint density at radius 2 is 1.89 bits per heavy atom. The number of anilines is 2. The first-order valence-corrected chi connectivity index (χ1v) is 11.4. The lowest BCUT2D eigenvalue weighted by atomic mass is 9.98. The van der Waals surface area contributed by atoms with Crippen molar-refractivity contribution in [2.45, 2.75) is 57.3 Å². The van der Waals surface area contributed by atoms with Crippen molar-refractivity contribution >= 4 is 23.8 Å².